The van der Waals surface area contributed by atoms with E-state index >= 15 is 0 Å². The summed E-state index contributed by atoms with van der Waals surface area (Å²) in [6, 6.07) is 1.81. The summed E-state index contributed by atoms with van der Waals surface area (Å²) in [5, 5.41) is 12.7. The van der Waals surface area contributed by atoms with Gasteiger partial charge in [0.05, 0.1) is 6.54 Å². The molecular formula is C15H28N2O2. The molecule has 2 saturated carbocycles. The average Bonchev–Trinajstić information content (AvgIpc) is 2.59. The van der Waals surface area contributed by atoms with Gasteiger partial charge in [-0.3, -0.25) is 9.69 Å². The fraction of sp³-hybridized carbons (Fsp3) is 0.933. The quantitative estimate of drug-likeness (QED) is 0.725. The summed E-state index contributed by atoms with van der Waals surface area (Å²) in [6.45, 7) is 3.08. The van der Waals surface area contributed by atoms with E-state index in [2.05, 4.69) is 17.1 Å². The van der Waals surface area contributed by atoms with Gasteiger partial charge in [0.1, 0.15) is 0 Å². The smallest absolute Gasteiger partial charge is 0.317 e. The predicted octanol–water partition coefficient (Wildman–Crippen LogP) is 2.24. The summed E-state index contributed by atoms with van der Waals surface area (Å²) in [6.07, 6.45) is 10.4. The highest BCUT2D eigenvalue weighted by Crippen LogP contribution is 2.27. The van der Waals surface area contributed by atoms with E-state index in [1.807, 2.05) is 0 Å². The Labute approximate surface area is 116 Å². The number of likely N-dealkylation sites (N-methyl/N-ethyl adjacent to an activating group) is 1. The van der Waals surface area contributed by atoms with Crippen molar-refractivity contribution in [2.24, 2.45) is 0 Å². The largest absolute Gasteiger partial charge is 0.480 e. The maximum absolute atomic E-state index is 10.8. The maximum atomic E-state index is 10.8. The van der Waals surface area contributed by atoms with Crippen molar-refractivity contribution in [3.05, 3.63) is 0 Å². The van der Waals surface area contributed by atoms with Crippen molar-refractivity contribution in [3.63, 3.8) is 0 Å². The topological polar surface area (TPSA) is 52.6 Å². The highest BCUT2D eigenvalue weighted by Gasteiger charge is 2.34. The standard InChI is InChI=1S/C15H28N2O2/c1-2-17(11-15(18)19)14-9-13(10-14)16-12-7-5-3-4-6-8-12/h12-14,16H,2-11H2,1H3,(H,18,19). The first-order valence-electron chi connectivity index (χ1n) is 7.91. The van der Waals surface area contributed by atoms with Crippen LogP contribution in [0.3, 0.4) is 0 Å². The van der Waals surface area contributed by atoms with Crippen LogP contribution in [0.25, 0.3) is 0 Å². The SMILES string of the molecule is CCN(CC(=O)O)C1CC(NC2CCCCCC2)C1. The second-order valence-electron chi connectivity index (χ2n) is 6.13. The van der Waals surface area contributed by atoms with Gasteiger partial charge in [-0.05, 0) is 32.2 Å². The van der Waals surface area contributed by atoms with Crippen LogP contribution in [-0.2, 0) is 4.79 Å². The van der Waals surface area contributed by atoms with Gasteiger partial charge in [-0.1, -0.05) is 32.6 Å². The molecule has 2 N–H and O–H groups in total. The summed E-state index contributed by atoms with van der Waals surface area (Å²) < 4.78 is 0. The molecule has 2 aliphatic carbocycles. The number of carboxylic acids is 1. The van der Waals surface area contributed by atoms with Crippen molar-refractivity contribution in [3.8, 4) is 0 Å². The Morgan fingerprint density at radius 3 is 2.32 bits per heavy atom. The Bertz CT molecular complexity index is 282. The minimum atomic E-state index is -0.706. The lowest BCUT2D eigenvalue weighted by molar-refractivity contribution is -0.139. The molecule has 4 heteroatoms. The van der Waals surface area contributed by atoms with Crippen LogP contribution in [0.4, 0.5) is 0 Å². The minimum absolute atomic E-state index is 0.192. The van der Waals surface area contributed by atoms with Gasteiger partial charge in [-0.25, -0.2) is 0 Å². The molecule has 0 unspecified atom stereocenters. The first kappa shape index (κ1) is 14.8. The summed E-state index contributed by atoms with van der Waals surface area (Å²) >= 11 is 0. The van der Waals surface area contributed by atoms with Crippen LogP contribution in [0.1, 0.15) is 58.3 Å². The number of aliphatic carboxylic acids is 1. The first-order chi connectivity index (χ1) is 9.19. The highest BCUT2D eigenvalue weighted by molar-refractivity contribution is 5.69. The van der Waals surface area contributed by atoms with Crippen LogP contribution in [0, 0.1) is 0 Å². The maximum Gasteiger partial charge on any atom is 0.317 e. The summed E-state index contributed by atoms with van der Waals surface area (Å²) in [4.78, 5) is 12.9. The molecular weight excluding hydrogens is 240 g/mol. The van der Waals surface area contributed by atoms with Gasteiger partial charge in [-0.2, -0.15) is 0 Å². The highest BCUT2D eigenvalue weighted by atomic mass is 16.4. The van der Waals surface area contributed by atoms with Crippen molar-refractivity contribution >= 4 is 5.97 Å². The molecule has 19 heavy (non-hydrogen) atoms. The summed E-state index contributed by atoms with van der Waals surface area (Å²) in [7, 11) is 0. The van der Waals surface area contributed by atoms with Gasteiger partial charge in [0.2, 0.25) is 0 Å². The third kappa shape index (κ3) is 4.46. The van der Waals surface area contributed by atoms with Crippen LogP contribution in [0.5, 0.6) is 0 Å². The molecule has 4 nitrogen and oxygen atoms in total. The predicted molar refractivity (Wildman–Crippen MR) is 76.3 cm³/mol. The zero-order chi connectivity index (χ0) is 13.7. The van der Waals surface area contributed by atoms with Crippen molar-refractivity contribution in [1.82, 2.24) is 10.2 Å². The van der Waals surface area contributed by atoms with Gasteiger partial charge >= 0.3 is 5.97 Å². The summed E-state index contributed by atoms with van der Waals surface area (Å²) in [5.74, 6) is -0.706. The van der Waals surface area contributed by atoms with Gasteiger partial charge in [-0.15, -0.1) is 0 Å². The first-order valence-corrected chi connectivity index (χ1v) is 7.91. The fourth-order valence-corrected chi connectivity index (χ4v) is 3.47. The Morgan fingerprint density at radius 2 is 1.79 bits per heavy atom. The van der Waals surface area contributed by atoms with Crippen LogP contribution in [-0.4, -0.2) is 47.2 Å². The molecule has 0 aromatic carbocycles. The summed E-state index contributed by atoms with van der Waals surface area (Å²) in [5.41, 5.74) is 0. The van der Waals surface area contributed by atoms with Crippen LogP contribution in [0.2, 0.25) is 0 Å². The molecule has 2 rings (SSSR count). The van der Waals surface area contributed by atoms with E-state index in [0.29, 0.717) is 18.1 Å². The van der Waals surface area contributed by atoms with E-state index in [1.165, 1.54) is 38.5 Å². The van der Waals surface area contributed by atoms with E-state index in [0.717, 1.165) is 19.4 Å². The number of carboxylic acid groups (broad SMARTS) is 1. The molecule has 110 valence electrons. The lowest BCUT2D eigenvalue weighted by Crippen LogP contribution is -2.55. The number of nitrogens with zero attached hydrogens (tertiary/aromatic N) is 1. The zero-order valence-corrected chi connectivity index (χ0v) is 12.1. The molecule has 0 aromatic heterocycles. The van der Waals surface area contributed by atoms with Gasteiger partial charge in [0.15, 0.2) is 0 Å². The van der Waals surface area contributed by atoms with Gasteiger partial charge < -0.3 is 10.4 Å². The Kier molecular flexibility index (Phi) is 5.64. The molecule has 0 aliphatic heterocycles. The van der Waals surface area contributed by atoms with Crippen molar-refractivity contribution in [2.75, 3.05) is 13.1 Å². The molecule has 0 saturated heterocycles. The van der Waals surface area contributed by atoms with Crippen molar-refractivity contribution < 1.29 is 9.90 Å². The Balaban J connectivity index is 1.68. The van der Waals surface area contributed by atoms with Crippen LogP contribution < -0.4 is 5.32 Å². The zero-order valence-electron chi connectivity index (χ0n) is 12.1. The fourth-order valence-electron chi connectivity index (χ4n) is 3.47. The molecule has 0 aromatic rings. The molecule has 0 radical (unpaired) electrons. The second kappa shape index (κ2) is 7.25. The number of hydrogen-bond donors (Lipinski definition) is 2. The van der Waals surface area contributed by atoms with Gasteiger partial charge in [0, 0.05) is 18.1 Å². The molecule has 0 bridgehead atoms. The normalized spacial score (nSPS) is 28.9. The minimum Gasteiger partial charge on any atom is -0.480 e. The lowest BCUT2D eigenvalue weighted by atomic mass is 9.84. The van der Waals surface area contributed by atoms with Gasteiger partial charge in [0.25, 0.3) is 0 Å². The third-order valence-corrected chi connectivity index (χ3v) is 4.70. The molecule has 2 fully saturated rings. The number of hydrogen-bond acceptors (Lipinski definition) is 3. The molecule has 0 spiro atoms. The van der Waals surface area contributed by atoms with E-state index < -0.39 is 5.97 Å². The average molecular weight is 268 g/mol. The molecule has 0 amide bonds. The number of carbonyl (C=O) groups is 1. The van der Waals surface area contributed by atoms with E-state index in [-0.39, 0.29) is 6.54 Å². The monoisotopic (exact) mass is 268 g/mol. The lowest BCUT2D eigenvalue weighted by Gasteiger charge is -2.43. The van der Waals surface area contributed by atoms with Crippen LogP contribution in [0.15, 0.2) is 0 Å². The third-order valence-electron chi connectivity index (χ3n) is 4.70. The van der Waals surface area contributed by atoms with Crippen molar-refractivity contribution in [2.45, 2.75) is 76.4 Å². The molecule has 0 atom stereocenters. The second-order valence-corrected chi connectivity index (χ2v) is 6.13. The van der Waals surface area contributed by atoms with Crippen molar-refractivity contribution in [1.29, 1.82) is 0 Å². The Hall–Kier alpha value is -0.610. The molecule has 0 heterocycles. The molecule has 2 aliphatic rings. The van der Waals surface area contributed by atoms with Crippen LogP contribution >= 0.6 is 0 Å². The van der Waals surface area contributed by atoms with E-state index in [9.17, 15) is 4.79 Å². The number of nitrogens with one attached hydrogen (secondary N) is 1. The Morgan fingerprint density at radius 1 is 1.16 bits per heavy atom. The van der Waals surface area contributed by atoms with E-state index in [1.54, 1.807) is 0 Å². The van der Waals surface area contributed by atoms with E-state index in [4.69, 9.17) is 5.11 Å². The number of rotatable bonds is 6.